The molecule has 0 fully saturated rings. The molecule has 0 bridgehead atoms. The molecule has 0 atom stereocenters. The summed E-state index contributed by atoms with van der Waals surface area (Å²) in [6.45, 7) is 0.826. The van der Waals surface area contributed by atoms with Crippen molar-refractivity contribution in [2.45, 2.75) is 12.8 Å². The topological polar surface area (TPSA) is 12.0 Å². The van der Waals surface area contributed by atoms with Gasteiger partial charge in [0, 0.05) is 6.42 Å². The van der Waals surface area contributed by atoms with Gasteiger partial charge in [-0.15, -0.1) is 0 Å². The smallest absolute Gasteiger partial charge is 0.107 e. The second-order valence-corrected chi connectivity index (χ2v) is 2.78. The highest BCUT2D eigenvalue weighted by molar-refractivity contribution is 5.29. The first-order valence-corrected chi connectivity index (χ1v) is 4.20. The monoisotopic (exact) mass is 167 g/mol. The molecule has 66 valence electrons. The molecule has 0 saturated heterocycles. The van der Waals surface area contributed by atoms with Crippen molar-refractivity contribution in [1.82, 2.24) is 5.32 Å². The molecule has 1 rings (SSSR count). The third kappa shape index (κ3) is 2.62. The molecule has 0 amide bonds. The molecule has 0 heterocycles. The molecule has 0 aromatic rings. The lowest BCUT2D eigenvalue weighted by Crippen LogP contribution is -2.08. The molecule has 1 aliphatic carbocycles. The van der Waals surface area contributed by atoms with E-state index in [4.69, 9.17) is 0 Å². The maximum Gasteiger partial charge on any atom is 0.107 e. The largest absolute Gasteiger partial charge is 0.319 e. The van der Waals surface area contributed by atoms with Crippen LogP contribution in [-0.2, 0) is 0 Å². The zero-order valence-corrected chi connectivity index (χ0v) is 7.31. The molecule has 1 aliphatic rings. The predicted octanol–water partition coefficient (Wildman–Crippen LogP) is 2.34. The first-order valence-electron chi connectivity index (χ1n) is 4.20. The van der Waals surface area contributed by atoms with Crippen LogP contribution in [-0.4, -0.2) is 13.6 Å². The number of hydrogen-bond acceptors (Lipinski definition) is 1. The number of hydrogen-bond donors (Lipinski definition) is 1. The van der Waals surface area contributed by atoms with Crippen molar-refractivity contribution < 1.29 is 4.39 Å². The second kappa shape index (κ2) is 4.88. The van der Waals surface area contributed by atoms with Crippen LogP contribution in [0.3, 0.4) is 0 Å². The molecule has 1 nitrogen and oxygen atoms in total. The minimum atomic E-state index is -0.00440. The highest BCUT2D eigenvalue weighted by atomic mass is 19.1. The van der Waals surface area contributed by atoms with Crippen LogP contribution in [0.25, 0.3) is 0 Å². The average Bonchev–Trinajstić information content (AvgIpc) is 2.27. The Morgan fingerprint density at radius 3 is 3.08 bits per heavy atom. The van der Waals surface area contributed by atoms with Crippen LogP contribution in [0.4, 0.5) is 4.39 Å². The number of rotatable bonds is 3. The SMILES string of the molecule is CNCCC1=C(F)CC=CC=C1. The minimum Gasteiger partial charge on any atom is -0.319 e. The summed E-state index contributed by atoms with van der Waals surface area (Å²) in [5.74, 6) is -0.00440. The third-order valence-electron chi connectivity index (χ3n) is 1.83. The number of allylic oxidation sites excluding steroid dienone is 5. The third-order valence-corrected chi connectivity index (χ3v) is 1.83. The normalized spacial score (nSPS) is 16.8. The summed E-state index contributed by atoms with van der Waals surface area (Å²) in [7, 11) is 1.87. The fourth-order valence-electron chi connectivity index (χ4n) is 1.12. The Labute approximate surface area is 72.7 Å². The van der Waals surface area contributed by atoms with Gasteiger partial charge in [-0.2, -0.15) is 0 Å². The maximum absolute atomic E-state index is 13.2. The molecular weight excluding hydrogens is 153 g/mol. The van der Waals surface area contributed by atoms with E-state index in [-0.39, 0.29) is 5.83 Å². The van der Waals surface area contributed by atoms with Gasteiger partial charge < -0.3 is 5.32 Å². The molecule has 0 unspecified atom stereocenters. The Hall–Kier alpha value is -0.890. The highest BCUT2D eigenvalue weighted by Gasteiger charge is 2.02. The Bertz CT molecular complexity index is 226. The summed E-state index contributed by atoms with van der Waals surface area (Å²) in [5.41, 5.74) is 0.814. The van der Waals surface area contributed by atoms with Crippen LogP contribution in [0, 0.1) is 0 Å². The molecule has 2 heteroatoms. The van der Waals surface area contributed by atoms with Crippen LogP contribution in [0.15, 0.2) is 35.7 Å². The van der Waals surface area contributed by atoms with E-state index in [9.17, 15) is 4.39 Å². The van der Waals surface area contributed by atoms with Crippen LogP contribution < -0.4 is 5.32 Å². The van der Waals surface area contributed by atoms with E-state index >= 15 is 0 Å². The van der Waals surface area contributed by atoms with E-state index in [0.717, 1.165) is 18.5 Å². The first-order chi connectivity index (χ1) is 5.84. The van der Waals surface area contributed by atoms with Crippen molar-refractivity contribution in [1.29, 1.82) is 0 Å². The molecule has 0 aromatic heterocycles. The number of nitrogens with one attached hydrogen (secondary N) is 1. The van der Waals surface area contributed by atoms with Crippen LogP contribution in [0.5, 0.6) is 0 Å². The lowest BCUT2D eigenvalue weighted by atomic mass is 10.1. The van der Waals surface area contributed by atoms with Gasteiger partial charge in [-0.05, 0) is 25.6 Å². The quantitative estimate of drug-likeness (QED) is 0.680. The van der Waals surface area contributed by atoms with Crippen LogP contribution in [0.2, 0.25) is 0 Å². The van der Waals surface area contributed by atoms with Gasteiger partial charge in [0.1, 0.15) is 5.83 Å². The summed E-state index contributed by atoms with van der Waals surface area (Å²) in [6, 6.07) is 0. The van der Waals surface area contributed by atoms with Crippen LogP contribution >= 0.6 is 0 Å². The molecule has 0 aromatic carbocycles. The Kier molecular flexibility index (Phi) is 3.74. The molecule has 0 spiro atoms. The summed E-state index contributed by atoms with van der Waals surface area (Å²) < 4.78 is 13.2. The first kappa shape index (κ1) is 9.20. The lowest BCUT2D eigenvalue weighted by Gasteiger charge is -2.02. The maximum atomic E-state index is 13.2. The number of halogens is 1. The minimum absolute atomic E-state index is 0.00440. The zero-order valence-electron chi connectivity index (χ0n) is 7.31. The summed E-state index contributed by atoms with van der Waals surface area (Å²) >= 11 is 0. The molecule has 0 saturated carbocycles. The van der Waals surface area contributed by atoms with E-state index < -0.39 is 0 Å². The van der Waals surface area contributed by atoms with Crippen molar-refractivity contribution in [3.05, 3.63) is 35.7 Å². The van der Waals surface area contributed by atoms with Crippen molar-refractivity contribution in [3.63, 3.8) is 0 Å². The van der Waals surface area contributed by atoms with Gasteiger partial charge in [0.25, 0.3) is 0 Å². The highest BCUT2D eigenvalue weighted by Crippen LogP contribution is 2.18. The fourth-order valence-corrected chi connectivity index (χ4v) is 1.12. The van der Waals surface area contributed by atoms with Gasteiger partial charge in [0.05, 0.1) is 0 Å². The van der Waals surface area contributed by atoms with E-state index in [1.165, 1.54) is 0 Å². The van der Waals surface area contributed by atoms with E-state index in [1.807, 2.05) is 31.4 Å². The molecule has 0 aliphatic heterocycles. The summed E-state index contributed by atoms with van der Waals surface area (Å²) in [5, 5.41) is 3.00. The Balaban J connectivity index is 2.59. The van der Waals surface area contributed by atoms with Gasteiger partial charge >= 0.3 is 0 Å². The van der Waals surface area contributed by atoms with Crippen molar-refractivity contribution in [2.75, 3.05) is 13.6 Å². The van der Waals surface area contributed by atoms with E-state index in [2.05, 4.69) is 5.32 Å². The van der Waals surface area contributed by atoms with Crippen molar-refractivity contribution >= 4 is 0 Å². The lowest BCUT2D eigenvalue weighted by molar-refractivity contribution is 0.599. The predicted molar refractivity (Wildman–Crippen MR) is 49.6 cm³/mol. The van der Waals surface area contributed by atoms with E-state index in [1.54, 1.807) is 0 Å². The molecule has 1 N–H and O–H groups in total. The Morgan fingerprint density at radius 1 is 1.50 bits per heavy atom. The van der Waals surface area contributed by atoms with Gasteiger partial charge in [-0.3, -0.25) is 0 Å². The van der Waals surface area contributed by atoms with E-state index in [0.29, 0.717) is 6.42 Å². The zero-order chi connectivity index (χ0) is 8.81. The average molecular weight is 167 g/mol. The van der Waals surface area contributed by atoms with Crippen molar-refractivity contribution in [3.8, 4) is 0 Å². The fraction of sp³-hybridized carbons (Fsp3) is 0.400. The van der Waals surface area contributed by atoms with Crippen molar-refractivity contribution in [2.24, 2.45) is 0 Å². The Morgan fingerprint density at radius 2 is 2.33 bits per heavy atom. The molecular formula is C10H14FN. The van der Waals surface area contributed by atoms with Gasteiger partial charge in [-0.25, -0.2) is 4.39 Å². The summed E-state index contributed by atoms with van der Waals surface area (Å²) in [6.07, 6.45) is 8.64. The summed E-state index contributed by atoms with van der Waals surface area (Å²) in [4.78, 5) is 0. The van der Waals surface area contributed by atoms with Gasteiger partial charge in [0.2, 0.25) is 0 Å². The van der Waals surface area contributed by atoms with Gasteiger partial charge in [0.15, 0.2) is 0 Å². The molecule has 12 heavy (non-hydrogen) atoms. The standard InChI is InChI=1S/C10H14FN/c1-12-8-7-9-5-3-2-4-6-10(9)11/h2-5,12H,6-8H2,1H3. The second-order valence-electron chi connectivity index (χ2n) is 2.78. The van der Waals surface area contributed by atoms with Gasteiger partial charge in [-0.1, -0.05) is 24.3 Å². The molecule has 0 radical (unpaired) electrons. The van der Waals surface area contributed by atoms with Crippen LogP contribution in [0.1, 0.15) is 12.8 Å².